The molecule has 106 valence electrons. The second-order valence-electron chi connectivity index (χ2n) is 5.38. The highest BCUT2D eigenvalue weighted by Gasteiger charge is 2.22. The molecule has 2 N–H and O–H groups in total. The number of rotatable bonds is 7. The fourth-order valence-corrected chi connectivity index (χ4v) is 2.09. The maximum atomic E-state index is 11.5. The van der Waals surface area contributed by atoms with Gasteiger partial charge in [0.1, 0.15) is 0 Å². The number of carbonyl (C=O) groups excluding carboxylic acids is 1. The average Bonchev–Trinajstić information content (AvgIpc) is 3.23. The van der Waals surface area contributed by atoms with Crippen LogP contribution in [0.4, 0.5) is 0 Å². The van der Waals surface area contributed by atoms with Gasteiger partial charge >= 0.3 is 0 Å². The quantitative estimate of drug-likeness (QED) is 0.746. The average molecular weight is 271 g/mol. The highest BCUT2D eigenvalue weighted by Crippen LogP contribution is 2.18. The van der Waals surface area contributed by atoms with Gasteiger partial charge in [-0.15, -0.1) is 0 Å². The van der Waals surface area contributed by atoms with E-state index in [1.807, 2.05) is 25.1 Å². The molecule has 0 heterocycles. The maximum absolute atomic E-state index is 11.5. The summed E-state index contributed by atoms with van der Waals surface area (Å²) in [5, 5.41) is 15.1. The topological polar surface area (TPSA) is 64.9 Å². The Morgan fingerprint density at radius 3 is 2.90 bits per heavy atom. The summed E-state index contributed by atoms with van der Waals surface area (Å²) in [4.78, 5) is 11.5. The summed E-state index contributed by atoms with van der Waals surface area (Å²) >= 11 is 0. The van der Waals surface area contributed by atoms with Crippen LogP contribution < -0.4 is 10.6 Å². The van der Waals surface area contributed by atoms with E-state index in [0.29, 0.717) is 18.0 Å². The molecular formula is C16H21N3O. The molecule has 2 rings (SSSR count). The summed E-state index contributed by atoms with van der Waals surface area (Å²) in [5.41, 5.74) is 3.03. The molecule has 1 aliphatic rings. The van der Waals surface area contributed by atoms with Crippen molar-refractivity contribution in [2.45, 2.75) is 45.2 Å². The molecule has 20 heavy (non-hydrogen) atoms. The summed E-state index contributed by atoms with van der Waals surface area (Å²) < 4.78 is 0. The Morgan fingerprint density at radius 1 is 1.45 bits per heavy atom. The summed E-state index contributed by atoms with van der Waals surface area (Å²) in [6, 6.07) is 8.32. The molecule has 1 aromatic rings. The molecule has 1 aromatic carbocycles. The van der Waals surface area contributed by atoms with E-state index in [2.05, 4.69) is 16.7 Å². The maximum Gasteiger partial charge on any atom is 0.220 e. The van der Waals surface area contributed by atoms with Gasteiger partial charge in [0.15, 0.2) is 0 Å². The summed E-state index contributed by atoms with van der Waals surface area (Å²) in [6.45, 7) is 3.63. The molecule has 0 spiro atoms. The molecule has 1 amide bonds. The Labute approximate surface area is 120 Å². The SMILES string of the molecule is Cc1cc(C#N)ccc1CNCCCC(=O)NC1CC1. The van der Waals surface area contributed by atoms with Crippen LogP contribution in [-0.2, 0) is 11.3 Å². The van der Waals surface area contributed by atoms with E-state index in [1.54, 1.807) is 0 Å². The number of carbonyl (C=O) groups is 1. The zero-order valence-electron chi connectivity index (χ0n) is 11.9. The number of hydrogen-bond donors (Lipinski definition) is 2. The van der Waals surface area contributed by atoms with E-state index in [0.717, 1.165) is 37.9 Å². The molecule has 0 bridgehead atoms. The van der Waals surface area contributed by atoms with E-state index >= 15 is 0 Å². The third-order valence-electron chi connectivity index (χ3n) is 3.49. The standard InChI is InChI=1S/C16H21N3O/c1-12-9-13(10-17)4-5-14(12)11-18-8-2-3-16(20)19-15-6-7-15/h4-5,9,15,18H,2-3,6-8,11H2,1H3,(H,19,20). The van der Waals surface area contributed by atoms with Crippen LogP contribution in [-0.4, -0.2) is 18.5 Å². The van der Waals surface area contributed by atoms with Crippen molar-refractivity contribution in [1.82, 2.24) is 10.6 Å². The van der Waals surface area contributed by atoms with Crippen molar-refractivity contribution in [2.75, 3.05) is 6.54 Å². The number of aryl methyl sites for hydroxylation is 1. The molecule has 4 nitrogen and oxygen atoms in total. The Morgan fingerprint density at radius 2 is 2.25 bits per heavy atom. The first-order valence-electron chi connectivity index (χ1n) is 7.19. The molecule has 1 aliphatic carbocycles. The third kappa shape index (κ3) is 4.67. The smallest absolute Gasteiger partial charge is 0.220 e. The van der Waals surface area contributed by atoms with Crippen LogP contribution in [0.15, 0.2) is 18.2 Å². The highest BCUT2D eigenvalue weighted by molar-refractivity contribution is 5.76. The number of hydrogen-bond acceptors (Lipinski definition) is 3. The van der Waals surface area contributed by atoms with Crippen LogP contribution in [0.3, 0.4) is 0 Å². The predicted molar refractivity (Wildman–Crippen MR) is 78.0 cm³/mol. The highest BCUT2D eigenvalue weighted by atomic mass is 16.1. The predicted octanol–water partition coefficient (Wildman–Crippen LogP) is 2.02. The van der Waals surface area contributed by atoms with Crippen molar-refractivity contribution in [3.63, 3.8) is 0 Å². The lowest BCUT2D eigenvalue weighted by molar-refractivity contribution is -0.121. The van der Waals surface area contributed by atoms with Crippen LogP contribution in [0.5, 0.6) is 0 Å². The lowest BCUT2D eigenvalue weighted by Gasteiger charge is -2.08. The number of nitriles is 1. The second kappa shape index (κ2) is 7.06. The Hall–Kier alpha value is -1.86. The molecular weight excluding hydrogens is 250 g/mol. The minimum Gasteiger partial charge on any atom is -0.353 e. The number of nitrogens with zero attached hydrogens (tertiary/aromatic N) is 1. The zero-order valence-corrected chi connectivity index (χ0v) is 11.9. The van der Waals surface area contributed by atoms with Gasteiger partial charge < -0.3 is 10.6 Å². The van der Waals surface area contributed by atoms with Gasteiger partial charge in [0.25, 0.3) is 0 Å². The summed E-state index contributed by atoms with van der Waals surface area (Å²) in [7, 11) is 0. The summed E-state index contributed by atoms with van der Waals surface area (Å²) in [6.07, 6.45) is 3.73. The molecule has 0 aromatic heterocycles. The molecule has 0 atom stereocenters. The fraction of sp³-hybridized carbons (Fsp3) is 0.500. The Bertz CT molecular complexity index is 515. The van der Waals surface area contributed by atoms with Gasteiger partial charge in [-0.2, -0.15) is 5.26 Å². The van der Waals surface area contributed by atoms with Gasteiger partial charge in [-0.3, -0.25) is 4.79 Å². The fourth-order valence-electron chi connectivity index (χ4n) is 2.09. The molecule has 0 radical (unpaired) electrons. The van der Waals surface area contributed by atoms with Crippen molar-refractivity contribution in [1.29, 1.82) is 5.26 Å². The van der Waals surface area contributed by atoms with Gasteiger partial charge in [0.05, 0.1) is 11.6 Å². The van der Waals surface area contributed by atoms with Crippen molar-refractivity contribution >= 4 is 5.91 Å². The Kier molecular flexibility index (Phi) is 5.14. The van der Waals surface area contributed by atoms with Crippen LogP contribution in [0.25, 0.3) is 0 Å². The molecule has 1 fully saturated rings. The van der Waals surface area contributed by atoms with Gasteiger partial charge in [-0.25, -0.2) is 0 Å². The largest absolute Gasteiger partial charge is 0.353 e. The minimum absolute atomic E-state index is 0.170. The van der Waals surface area contributed by atoms with E-state index < -0.39 is 0 Å². The van der Waals surface area contributed by atoms with Gasteiger partial charge in [-0.05, 0) is 56.0 Å². The van der Waals surface area contributed by atoms with Crippen LogP contribution in [0.2, 0.25) is 0 Å². The number of benzene rings is 1. The second-order valence-corrected chi connectivity index (χ2v) is 5.38. The van der Waals surface area contributed by atoms with Gasteiger partial charge in [-0.1, -0.05) is 6.07 Å². The first kappa shape index (κ1) is 14.5. The first-order valence-corrected chi connectivity index (χ1v) is 7.19. The normalized spacial score (nSPS) is 13.8. The number of amides is 1. The molecule has 0 unspecified atom stereocenters. The van der Waals surface area contributed by atoms with E-state index in [9.17, 15) is 4.79 Å². The zero-order chi connectivity index (χ0) is 14.4. The van der Waals surface area contributed by atoms with E-state index in [-0.39, 0.29) is 5.91 Å². The third-order valence-corrected chi connectivity index (χ3v) is 3.49. The molecule has 0 aliphatic heterocycles. The lowest BCUT2D eigenvalue weighted by Crippen LogP contribution is -2.26. The van der Waals surface area contributed by atoms with Crippen molar-refractivity contribution < 1.29 is 4.79 Å². The minimum atomic E-state index is 0.170. The van der Waals surface area contributed by atoms with Crippen LogP contribution >= 0.6 is 0 Å². The summed E-state index contributed by atoms with van der Waals surface area (Å²) in [5.74, 6) is 0.170. The van der Waals surface area contributed by atoms with E-state index in [1.165, 1.54) is 5.56 Å². The Balaban J connectivity index is 1.63. The molecule has 0 saturated heterocycles. The number of nitrogens with one attached hydrogen (secondary N) is 2. The molecule has 4 heteroatoms. The first-order chi connectivity index (χ1) is 9.69. The van der Waals surface area contributed by atoms with Crippen molar-refractivity contribution in [3.8, 4) is 6.07 Å². The van der Waals surface area contributed by atoms with Crippen LogP contribution in [0.1, 0.15) is 42.4 Å². The van der Waals surface area contributed by atoms with E-state index in [4.69, 9.17) is 5.26 Å². The van der Waals surface area contributed by atoms with Gasteiger partial charge in [0, 0.05) is 19.0 Å². The molecule has 1 saturated carbocycles. The van der Waals surface area contributed by atoms with Gasteiger partial charge in [0.2, 0.25) is 5.91 Å². The lowest BCUT2D eigenvalue weighted by atomic mass is 10.1. The monoisotopic (exact) mass is 271 g/mol. The van der Waals surface area contributed by atoms with Crippen LogP contribution in [0, 0.1) is 18.3 Å². The van der Waals surface area contributed by atoms with Crippen molar-refractivity contribution in [3.05, 3.63) is 34.9 Å². The van der Waals surface area contributed by atoms with Crippen molar-refractivity contribution in [2.24, 2.45) is 0 Å².